The van der Waals surface area contributed by atoms with Gasteiger partial charge in [-0.2, -0.15) is 0 Å². The van der Waals surface area contributed by atoms with Gasteiger partial charge in [-0.3, -0.25) is 4.21 Å². The zero-order valence-corrected chi connectivity index (χ0v) is 12.0. The van der Waals surface area contributed by atoms with E-state index in [1.165, 1.54) is 18.2 Å². The molecule has 2 aromatic carbocycles. The lowest BCUT2D eigenvalue weighted by atomic mass is 10.2. The number of nitrogens with two attached hydrogens (primary N) is 1. The number of rotatable bonds is 3. The summed E-state index contributed by atoms with van der Waals surface area (Å²) in [5, 5.41) is 0.417. The molecule has 0 amide bonds. The van der Waals surface area contributed by atoms with Crippen LogP contribution in [0.15, 0.2) is 41.3 Å². The van der Waals surface area contributed by atoms with Crippen LogP contribution in [0.25, 0.3) is 0 Å². The van der Waals surface area contributed by atoms with Crippen molar-refractivity contribution >= 4 is 39.7 Å². The van der Waals surface area contributed by atoms with E-state index in [0.29, 0.717) is 15.6 Å². The van der Waals surface area contributed by atoms with E-state index in [9.17, 15) is 8.60 Å². The molecule has 0 aliphatic carbocycles. The van der Waals surface area contributed by atoms with Crippen molar-refractivity contribution in [3.63, 3.8) is 0 Å². The molecule has 0 saturated carbocycles. The van der Waals surface area contributed by atoms with Crippen LogP contribution in [-0.2, 0) is 16.6 Å². The van der Waals surface area contributed by atoms with Gasteiger partial charge in [-0.1, -0.05) is 29.3 Å². The topological polar surface area (TPSA) is 43.1 Å². The zero-order valence-electron chi connectivity index (χ0n) is 9.70. The summed E-state index contributed by atoms with van der Waals surface area (Å²) in [6, 6.07) is 9.10. The number of benzene rings is 2. The molecule has 0 aliphatic heterocycles. The second-order valence-corrected chi connectivity index (χ2v) is 6.19. The summed E-state index contributed by atoms with van der Waals surface area (Å²) in [4.78, 5) is 0.472. The second kappa shape index (κ2) is 5.90. The summed E-state index contributed by atoms with van der Waals surface area (Å²) in [6.07, 6.45) is 0. The van der Waals surface area contributed by atoms with Crippen molar-refractivity contribution < 1.29 is 8.60 Å². The second-order valence-electron chi connectivity index (χ2n) is 3.92. The number of hydrogen-bond donors (Lipinski definition) is 1. The predicted octanol–water partition coefficient (Wildman–Crippen LogP) is 4.02. The highest BCUT2D eigenvalue weighted by atomic mass is 35.5. The Balaban J connectivity index is 2.20. The van der Waals surface area contributed by atoms with Crippen LogP contribution in [0.4, 0.5) is 10.1 Å². The Morgan fingerprint density at radius 2 is 1.84 bits per heavy atom. The van der Waals surface area contributed by atoms with Crippen LogP contribution in [0.1, 0.15) is 5.56 Å². The van der Waals surface area contributed by atoms with Gasteiger partial charge in [0.25, 0.3) is 0 Å². The smallest absolute Gasteiger partial charge is 0.141 e. The van der Waals surface area contributed by atoms with Crippen molar-refractivity contribution in [1.82, 2.24) is 0 Å². The van der Waals surface area contributed by atoms with Crippen LogP contribution in [0.3, 0.4) is 0 Å². The Morgan fingerprint density at radius 3 is 2.47 bits per heavy atom. The summed E-state index contributed by atoms with van der Waals surface area (Å²) < 4.78 is 25.2. The minimum atomic E-state index is -1.32. The fourth-order valence-electron chi connectivity index (χ4n) is 1.54. The van der Waals surface area contributed by atoms with Crippen LogP contribution >= 0.6 is 23.2 Å². The van der Waals surface area contributed by atoms with E-state index >= 15 is 0 Å². The van der Waals surface area contributed by atoms with Gasteiger partial charge < -0.3 is 5.73 Å². The third kappa shape index (κ3) is 3.47. The van der Waals surface area contributed by atoms with Crippen molar-refractivity contribution in [2.45, 2.75) is 10.6 Å². The molecular weight excluding hydrogens is 308 g/mol. The average molecular weight is 318 g/mol. The molecule has 2 N–H and O–H groups in total. The van der Waals surface area contributed by atoms with Crippen molar-refractivity contribution in [2.24, 2.45) is 0 Å². The highest BCUT2D eigenvalue weighted by Gasteiger charge is 2.09. The van der Waals surface area contributed by atoms with Gasteiger partial charge in [0, 0.05) is 4.90 Å². The largest absolute Gasteiger partial charge is 0.398 e. The van der Waals surface area contributed by atoms with E-state index in [-0.39, 0.29) is 10.8 Å². The highest BCUT2D eigenvalue weighted by Crippen LogP contribution is 2.23. The Labute approximate surface area is 122 Å². The summed E-state index contributed by atoms with van der Waals surface area (Å²) in [5.74, 6) is -0.262. The standard InChI is InChI=1S/C13H10Cl2FNOS/c14-10-3-1-8(5-13(10)17)7-19(18)9-2-4-12(16)11(15)6-9/h1-6H,7,17H2. The van der Waals surface area contributed by atoms with Gasteiger partial charge in [0.05, 0.1) is 32.3 Å². The van der Waals surface area contributed by atoms with Crippen LogP contribution in [-0.4, -0.2) is 4.21 Å². The molecule has 0 saturated heterocycles. The molecule has 2 rings (SSSR count). The van der Waals surface area contributed by atoms with Gasteiger partial charge in [0.1, 0.15) is 5.82 Å². The minimum absolute atomic E-state index is 0.0403. The van der Waals surface area contributed by atoms with E-state index in [4.69, 9.17) is 28.9 Å². The molecule has 6 heteroatoms. The Kier molecular flexibility index (Phi) is 4.45. The van der Waals surface area contributed by atoms with E-state index in [1.807, 2.05) is 0 Å². The summed E-state index contributed by atoms with van der Waals surface area (Å²) in [6.45, 7) is 0. The lowest BCUT2D eigenvalue weighted by Crippen LogP contribution is -1.98. The molecule has 2 aromatic rings. The lowest BCUT2D eigenvalue weighted by Gasteiger charge is -2.05. The van der Waals surface area contributed by atoms with E-state index in [0.717, 1.165) is 5.56 Å². The molecule has 100 valence electrons. The highest BCUT2D eigenvalue weighted by molar-refractivity contribution is 7.84. The van der Waals surface area contributed by atoms with E-state index < -0.39 is 16.6 Å². The summed E-state index contributed by atoms with van der Waals surface area (Å²) >= 11 is 11.5. The number of nitrogen functional groups attached to an aromatic ring is 1. The molecule has 1 atom stereocenters. The molecule has 0 fully saturated rings. The third-order valence-electron chi connectivity index (χ3n) is 2.51. The SMILES string of the molecule is Nc1cc(CS(=O)c2ccc(F)c(Cl)c2)ccc1Cl. The Hall–Kier alpha value is -1.10. The third-order valence-corrected chi connectivity index (χ3v) is 4.52. The average Bonchev–Trinajstić information content (AvgIpc) is 2.37. The molecule has 19 heavy (non-hydrogen) atoms. The van der Waals surface area contributed by atoms with Crippen LogP contribution in [0.5, 0.6) is 0 Å². The van der Waals surface area contributed by atoms with Crippen molar-refractivity contribution in [3.8, 4) is 0 Å². The fraction of sp³-hybridized carbons (Fsp3) is 0.0769. The minimum Gasteiger partial charge on any atom is -0.398 e. The van der Waals surface area contributed by atoms with Gasteiger partial charge in [-0.15, -0.1) is 0 Å². The first-order valence-corrected chi connectivity index (χ1v) is 7.42. The maximum absolute atomic E-state index is 13.0. The number of anilines is 1. The van der Waals surface area contributed by atoms with Gasteiger partial charge in [0.15, 0.2) is 0 Å². The van der Waals surface area contributed by atoms with Crippen LogP contribution in [0.2, 0.25) is 10.0 Å². The molecule has 0 bridgehead atoms. The molecule has 1 unspecified atom stereocenters. The molecule has 0 heterocycles. The molecule has 0 aromatic heterocycles. The molecule has 0 aliphatic rings. The quantitative estimate of drug-likeness (QED) is 0.869. The number of hydrogen-bond acceptors (Lipinski definition) is 2. The normalized spacial score (nSPS) is 12.4. The lowest BCUT2D eigenvalue weighted by molar-refractivity contribution is 0.626. The first-order chi connectivity index (χ1) is 8.97. The van der Waals surface area contributed by atoms with Gasteiger partial charge in [-0.05, 0) is 35.9 Å². The van der Waals surface area contributed by atoms with Crippen molar-refractivity contribution in [2.75, 3.05) is 5.73 Å². The maximum atomic E-state index is 13.0. The summed E-state index contributed by atoms with van der Waals surface area (Å²) in [7, 11) is -1.32. The van der Waals surface area contributed by atoms with Crippen LogP contribution < -0.4 is 5.73 Å². The molecule has 2 nitrogen and oxygen atoms in total. The first-order valence-electron chi connectivity index (χ1n) is 5.34. The van der Waals surface area contributed by atoms with Gasteiger partial charge in [0.2, 0.25) is 0 Å². The predicted molar refractivity (Wildman–Crippen MR) is 77.4 cm³/mol. The molecular formula is C13H10Cl2FNOS. The van der Waals surface area contributed by atoms with E-state index in [2.05, 4.69) is 0 Å². The first kappa shape index (κ1) is 14.3. The number of halogens is 3. The molecule has 0 radical (unpaired) electrons. The van der Waals surface area contributed by atoms with E-state index in [1.54, 1.807) is 18.2 Å². The Bertz CT molecular complexity index is 649. The fourth-order valence-corrected chi connectivity index (χ4v) is 3.02. The molecule has 0 spiro atoms. The van der Waals surface area contributed by atoms with Gasteiger partial charge >= 0.3 is 0 Å². The van der Waals surface area contributed by atoms with Gasteiger partial charge in [-0.25, -0.2) is 4.39 Å². The van der Waals surface area contributed by atoms with Crippen molar-refractivity contribution in [1.29, 1.82) is 0 Å². The Morgan fingerprint density at radius 1 is 1.11 bits per heavy atom. The maximum Gasteiger partial charge on any atom is 0.141 e. The monoisotopic (exact) mass is 317 g/mol. The van der Waals surface area contributed by atoms with Crippen LogP contribution in [0, 0.1) is 5.82 Å². The summed E-state index contributed by atoms with van der Waals surface area (Å²) in [5.41, 5.74) is 6.91. The zero-order chi connectivity index (χ0) is 14.0. The van der Waals surface area contributed by atoms with Crippen molar-refractivity contribution in [3.05, 3.63) is 57.8 Å².